The molecule has 16 aromatic rings. The van der Waals surface area contributed by atoms with Crippen molar-refractivity contribution in [2.75, 3.05) is 0 Å². The van der Waals surface area contributed by atoms with Crippen molar-refractivity contribution in [3.63, 3.8) is 0 Å². The van der Waals surface area contributed by atoms with Gasteiger partial charge in [0.05, 0.1) is 56.2 Å². The van der Waals surface area contributed by atoms with E-state index in [0.717, 1.165) is 153 Å². The molecular weight excluding hydrogens is 1290 g/mol. The number of hydrogen-bond donors (Lipinski definition) is 6. The van der Waals surface area contributed by atoms with Gasteiger partial charge in [-0.25, -0.2) is 0 Å². The molecule has 0 saturated heterocycles. The first-order valence-corrected chi connectivity index (χ1v) is 36.7. The van der Waals surface area contributed by atoms with E-state index < -0.39 is 0 Å². The number of rotatable bonds is 6. The predicted molar refractivity (Wildman–Crippen MR) is 443 cm³/mol. The molecule has 0 aliphatic carbocycles. The van der Waals surface area contributed by atoms with Crippen molar-refractivity contribution >= 4 is 121 Å². The van der Waals surface area contributed by atoms with Crippen LogP contribution in [0.2, 0.25) is 0 Å². The van der Waals surface area contributed by atoms with Gasteiger partial charge in [0.15, 0.2) is 0 Å². The Morgan fingerprint density at radius 1 is 0.292 bits per heavy atom. The Morgan fingerprint density at radius 3 is 0.906 bits per heavy atom. The molecule has 2 amide bonds. The summed E-state index contributed by atoms with van der Waals surface area (Å²) in [6.45, 7) is 31.0. The van der Waals surface area contributed by atoms with E-state index in [4.69, 9.17) is 0 Å². The fourth-order valence-electron chi connectivity index (χ4n) is 15.1. The second-order valence-corrected chi connectivity index (χ2v) is 32.8. The Hall–Kier alpha value is -12.5. The molecule has 4 aromatic heterocycles. The third-order valence-electron chi connectivity index (χ3n) is 21.3. The number of hydrogen-bond acceptors (Lipinski definition) is 2. The van der Waals surface area contributed by atoms with Crippen LogP contribution in [0.15, 0.2) is 206 Å². The number of nitrogens with one attached hydrogen (secondary N) is 6. The summed E-state index contributed by atoms with van der Waals surface area (Å²) < 4.78 is 0. The molecule has 0 bridgehead atoms. The van der Waals surface area contributed by atoms with Gasteiger partial charge in [0.1, 0.15) is 0 Å². The van der Waals surface area contributed by atoms with Crippen LogP contribution in [0, 0.1) is 47.4 Å². The fourth-order valence-corrected chi connectivity index (χ4v) is 15.1. The Labute approximate surface area is 619 Å². The Balaban J connectivity index is 0.745. The molecule has 0 aliphatic heterocycles. The van der Waals surface area contributed by atoms with Crippen molar-refractivity contribution in [3.8, 4) is 47.4 Å². The quantitative estimate of drug-likeness (QED) is 0.0930. The number of benzene rings is 12. The number of carbonyl (C=O) groups is 2. The largest absolute Gasteiger partial charge is 0.352 e. The van der Waals surface area contributed by atoms with E-state index in [1.165, 1.54) is 22.3 Å². The summed E-state index contributed by atoms with van der Waals surface area (Å²) in [5, 5.41) is 19.8. The second-order valence-electron chi connectivity index (χ2n) is 32.8. The molecule has 0 fully saturated rings. The van der Waals surface area contributed by atoms with Crippen LogP contribution in [0.4, 0.5) is 0 Å². The zero-order valence-corrected chi connectivity index (χ0v) is 62.6. The zero-order valence-electron chi connectivity index (χ0n) is 62.6. The number of H-pyrrole nitrogens is 4. The van der Waals surface area contributed by atoms with Gasteiger partial charge in [-0.3, -0.25) is 9.59 Å². The Morgan fingerprint density at radius 2 is 0.585 bits per heavy atom. The molecular formula is C98H84N6O2. The predicted octanol–water partition coefficient (Wildman–Crippen LogP) is 22.9. The van der Waals surface area contributed by atoms with Gasteiger partial charge < -0.3 is 30.6 Å². The van der Waals surface area contributed by atoms with Crippen LogP contribution in [0.25, 0.3) is 109 Å². The number of amides is 2. The van der Waals surface area contributed by atoms with E-state index in [9.17, 15) is 9.59 Å². The lowest BCUT2D eigenvalue weighted by atomic mass is 9.85. The van der Waals surface area contributed by atoms with Crippen molar-refractivity contribution in [1.29, 1.82) is 0 Å². The molecule has 0 unspecified atom stereocenters. The molecule has 0 aliphatic rings. The van der Waals surface area contributed by atoms with Crippen LogP contribution in [0.3, 0.4) is 0 Å². The summed E-state index contributed by atoms with van der Waals surface area (Å²) in [6.07, 6.45) is 0. The third kappa shape index (κ3) is 12.5. The highest BCUT2D eigenvalue weighted by molar-refractivity contribution is 6.24. The summed E-state index contributed by atoms with van der Waals surface area (Å²) in [6, 6.07) is 70.9. The van der Waals surface area contributed by atoms with Gasteiger partial charge >= 0.3 is 0 Å². The van der Waals surface area contributed by atoms with Gasteiger partial charge in [0.2, 0.25) is 0 Å². The van der Waals surface area contributed by atoms with Gasteiger partial charge in [-0.05, 0) is 187 Å². The monoisotopic (exact) mass is 1380 g/mol. The molecule has 6 N–H and O–H groups in total. The Kier molecular flexibility index (Phi) is 16.5. The van der Waals surface area contributed by atoms with E-state index in [-0.39, 0.29) is 45.6 Å². The van der Waals surface area contributed by atoms with E-state index in [1.807, 2.05) is 98.8 Å². The van der Waals surface area contributed by atoms with Gasteiger partial charge in [0.25, 0.3) is 11.8 Å². The average Bonchev–Trinajstić information content (AvgIpc) is 1.57. The highest BCUT2D eigenvalue weighted by Crippen LogP contribution is 2.43. The van der Waals surface area contributed by atoms with Crippen LogP contribution in [0.5, 0.6) is 0 Å². The Bertz CT molecular complexity index is 6260. The SMILES string of the molecule is C[C@H](NC(=O)c1cccc(C#Cc2cc(C(C)(C)C)cc3c2[nH]c2c3ccc3c4cc(C(C)(C)C)cc(C#CC#Cc5cc(C(C)(C)C)cc6c5[nH]c5c6ccc6c7cc(C(C)(C)C)cc(C#Cc8cccc(C(=O)N[C@@H](C)c9cccc%10ccccc9%10)c8)c7[nH]c65)c4[nH]c32)c1)c1cccc2ccccc12. The lowest BCUT2D eigenvalue weighted by Gasteiger charge is -2.20. The minimum absolute atomic E-state index is 0.152. The normalized spacial score (nSPS) is 12.7. The first-order valence-electron chi connectivity index (χ1n) is 36.7. The highest BCUT2D eigenvalue weighted by Gasteiger charge is 2.26. The minimum Gasteiger partial charge on any atom is -0.352 e. The number of carbonyl (C=O) groups excluding carboxylic acids is 2. The minimum atomic E-state index is -0.205. The van der Waals surface area contributed by atoms with E-state index >= 15 is 0 Å². The topological polar surface area (TPSA) is 121 Å². The summed E-state index contributed by atoms with van der Waals surface area (Å²) in [4.78, 5) is 43.4. The molecule has 8 heteroatoms. The first-order chi connectivity index (χ1) is 50.7. The van der Waals surface area contributed by atoms with E-state index in [0.29, 0.717) is 11.1 Å². The number of fused-ring (bicyclic) bond motifs is 16. The maximum absolute atomic E-state index is 13.9. The van der Waals surface area contributed by atoms with E-state index in [1.54, 1.807) is 0 Å². The zero-order chi connectivity index (χ0) is 73.9. The lowest BCUT2D eigenvalue weighted by Crippen LogP contribution is -2.26. The molecule has 518 valence electrons. The molecule has 0 spiro atoms. The third-order valence-corrected chi connectivity index (χ3v) is 21.3. The lowest BCUT2D eigenvalue weighted by molar-refractivity contribution is 0.0931. The first kappa shape index (κ1) is 68.0. The molecule has 16 rings (SSSR count). The number of aromatic nitrogens is 4. The molecule has 4 heterocycles. The molecule has 12 aromatic carbocycles. The van der Waals surface area contributed by atoms with Crippen molar-refractivity contribution < 1.29 is 9.59 Å². The maximum atomic E-state index is 13.9. The van der Waals surface area contributed by atoms with Crippen molar-refractivity contribution in [2.24, 2.45) is 0 Å². The van der Waals surface area contributed by atoms with Crippen molar-refractivity contribution in [3.05, 3.63) is 284 Å². The summed E-state index contributed by atoms with van der Waals surface area (Å²) in [7, 11) is 0. The van der Waals surface area contributed by atoms with Crippen LogP contribution in [-0.4, -0.2) is 31.8 Å². The van der Waals surface area contributed by atoms with Gasteiger partial charge in [-0.2, -0.15) is 0 Å². The molecule has 0 radical (unpaired) electrons. The second kappa shape index (κ2) is 25.7. The van der Waals surface area contributed by atoms with Crippen molar-refractivity contribution in [2.45, 2.75) is 131 Å². The summed E-state index contributed by atoms with van der Waals surface area (Å²) in [5.74, 6) is 27.6. The van der Waals surface area contributed by atoms with Gasteiger partial charge in [-0.15, -0.1) is 0 Å². The molecule has 0 saturated carbocycles. The summed E-state index contributed by atoms with van der Waals surface area (Å²) >= 11 is 0. The van der Waals surface area contributed by atoms with Crippen LogP contribution in [0.1, 0.15) is 196 Å². The van der Waals surface area contributed by atoms with E-state index in [2.05, 4.69) is 282 Å². The molecule has 8 nitrogen and oxygen atoms in total. The highest BCUT2D eigenvalue weighted by atomic mass is 16.2. The maximum Gasteiger partial charge on any atom is 0.251 e. The fraction of sp³-hybridized carbons (Fsp3) is 0.204. The standard InChI is InChI=1S/C98H84N6O2/c1-57(73-37-23-31-61-27-17-19-35-75(61)73)99-93(105)67-33-21-25-59(47-67)39-41-65-51-71(97(9,10)11)55-83-79-45-43-77-81-53-69(95(3,4)5)49-63(85(81)101-89(77)91(79)103-87(65)83)29-15-16-30-64-50-70(96(6,7)8)54-82-78-44-46-80-84-56-72(98(12,13)14)52-66(88(84)104-92(80)90(78)102-86(64)82)42-40-60-26-22-34-68(48-60)94(106)100-58(2)74-38-24-32-62-28-18-20-36-76(62)74/h17-28,31-38,43-58,101-104H,1-14H3,(H,99,105)(H,100,106)/t57-,58-/m0/s1. The van der Waals surface area contributed by atoms with Gasteiger partial charge in [0, 0.05) is 87.6 Å². The van der Waals surface area contributed by atoms with Crippen LogP contribution < -0.4 is 10.6 Å². The average molecular weight is 1380 g/mol. The van der Waals surface area contributed by atoms with Crippen LogP contribution in [-0.2, 0) is 21.7 Å². The summed E-state index contributed by atoms with van der Waals surface area (Å²) in [5.41, 5.74) is 20.0. The molecule has 106 heavy (non-hydrogen) atoms. The number of aromatic amines is 4. The van der Waals surface area contributed by atoms with Gasteiger partial charge in [-0.1, -0.05) is 240 Å². The van der Waals surface area contributed by atoms with Crippen LogP contribution >= 0.6 is 0 Å². The van der Waals surface area contributed by atoms with Crippen molar-refractivity contribution in [1.82, 2.24) is 30.6 Å². The molecule has 2 atom stereocenters. The smallest absolute Gasteiger partial charge is 0.251 e.